The minimum atomic E-state index is -3.91. The van der Waals surface area contributed by atoms with E-state index in [0.29, 0.717) is 6.42 Å². The molecule has 3 rings (SSSR count). The van der Waals surface area contributed by atoms with E-state index in [1.807, 2.05) is 0 Å². The van der Waals surface area contributed by atoms with Gasteiger partial charge >= 0.3 is 0 Å². The first-order valence-corrected chi connectivity index (χ1v) is 11.9. The molecule has 1 aliphatic rings. The van der Waals surface area contributed by atoms with Gasteiger partial charge in [0, 0.05) is 21.8 Å². The molecule has 2 aromatic rings. The summed E-state index contributed by atoms with van der Waals surface area (Å²) < 4.78 is 41.5. The molecule has 0 fully saturated rings. The molecule has 0 saturated heterocycles. The normalized spacial score (nSPS) is 16.9. The summed E-state index contributed by atoms with van der Waals surface area (Å²) in [5.74, 6) is -0.0149. The van der Waals surface area contributed by atoms with E-state index in [-0.39, 0.29) is 27.3 Å². The Labute approximate surface area is 179 Å². The third kappa shape index (κ3) is 5.31. The zero-order valence-electron chi connectivity index (χ0n) is 16.3. The maximum absolute atomic E-state index is 13.7. The number of halogens is 2. The smallest absolute Gasteiger partial charge is 0.251 e. The number of fused-ring (bicyclic) bond motifs is 1. The molecule has 0 radical (unpaired) electrons. The summed E-state index contributed by atoms with van der Waals surface area (Å²) in [6.45, 7) is 5.14. The van der Waals surface area contributed by atoms with Crippen molar-refractivity contribution in [2.24, 2.45) is 0 Å². The Kier molecular flexibility index (Phi) is 6.29. The van der Waals surface area contributed by atoms with Crippen LogP contribution in [0.4, 0.5) is 4.39 Å². The van der Waals surface area contributed by atoms with Crippen molar-refractivity contribution in [3.63, 3.8) is 0 Å². The van der Waals surface area contributed by atoms with Crippen molar-refractivity contribution >= 4 is 39.3 Å². The summed E-state index contributed by atoms with van der Waals surface area (Å²) in [6, 6.07) is 8.30. The number of carbonyl (C=O) groups is 1. The number of sulfonamides is 1. The van der Waals surface area contributed by atoms with Crippen LogP contribution in [0.2, 0.25) is 5.02 Å². The number of carbonyl (C=O) groups excluding carboxylic acids is 1. The average molecular weight is 457 g/mol. The van der Waals surface area contributed by atoms with E-state index < -0.39 is 21.5 Å². The summed E-state index contributed by atoms with van der Waals surface area (Å²) >= 11 is 7.71. The van der Waals surface area contributed by atoms with Crippen LogP contribution in [0.3, 0.4) is 0 Å². The fourth-order valence-corrected chi connectivity index (χ4v) is 6.12. The molecule has 29 heavy (non-hydrogen) atoms. The molecular formula is C20H22ClFN2O3S2. The lowest BCUT2D eigenvalue weighted by Gasteiger charge is -2.26. The maximum atomic E-state index is 13.7. The van der Waals surface area contributed by atoms with Gasteiger partial charge in [-0.3, -0.25) is 4.79 Å². The second kappa shape index (κ2) is 8.26. The van der Waals surface area contributed by atoms with E-state index in [1.165, 1.54) is 30.3 Å². The lowest BCUT2D eigenvalue weighted by Crippen LogP contribution is -2.40. The molecule has 2 N–H and O–H groups in total. The van der Waals surface area contributed by atoms with Gasteiger partial charge in [-0.05, 0) is 69.2 Å². The van der Waals surface area contributed by atoms with Gasteiger partial charge in [-0.25, -0.2) is 17.5 Å². The first-order valence-electron chi connectivity index (χ1n) is 9.03. The second-order valence-corrected chi connectivity index (χ2v) is 11.0. The summed E-state index contributed by atoms with van der Waals surface area (Å²) in [5.41, 5.74) is 0.194. The van der Waals surface area contributed by atoms with Crippen LogP contribution >= 0.6 is 23.4 Å². The van der Waals surface area contributed by atoms with Crippen LogP contribution < -0.4 is 10.0 Å². The van der Waals surface area contributed by atoms with Crippen LogP contribution in [0.1, 0.15) is 49.2 Å². The van der Waals surface area contributed by atoms with Crippen LogP contribution in [0.5, 0.6) is 0 Å². The molecule has 0 spiro atoms. The molecule has 1 atom stereocenters. The maximum Gasteiger partial charge on any atom is 0.251 e. The molecule has 2 aromatic carbocycles. The summed E-state index contributed by atoms with van der Waals surface area (Å²) in [6.07, 6.45) is 0.650. The monoisotopic (exact) mass is 456 g/mol. The Morgan fingerprint density at radius 1 is 1.21 bits per heavy atom. The van der Waals surface area contributed by atoms with Gasteiger partial charge in [0.2, 0.25) is 10.0 Å². The molecule has 1 heterocycles. The molecule has 0 aromatic heterocycles. The van der Waals surface area contributed by atoms with Gasteiger partial charge in [0.1, 0.15) is 10.7 Å². The van der Waals surface area contributed by atoms with Gasteiger partial charge in [-0.15, -0.1) is 11.8 Å². The molecular weight excluding hydrogens is 435 g/mol. The average Bonchev–Trinajstić information content (AvgIpc) is 2.60. The van der Waals surface area contributed by atoms with Crippen LogP contribution in [-0.2, 0) is 10.0 Å². The lowest BCUT2D eigenvalue weighted by atomic mass is 10.0. The molecule has 9 heteroatoms. The van der Waals surface area contributed by atoms with E-state index in [9.17, 15) is 17.6 Å². The van der Waals surface area contributed by atoms with E-state index in [4.69, 9.17) is 11.6 Å². The third-order valence-electron chi connectivity index (χ3n) is 4.24. The van der Waals surface area contributed by atoms with E-state index >= 15 is 0 Å². The first kappa shape index (κ1) is 22.1. The Hall–Kier alpha value is -1.61. The molecule has 0 aliphatic carbocycles. The van der Waals surface area contributed by atoms with Crippen LogP contribution in [0.15, 0.2) is 46.2 Å². The number of hydrogen-bond acceptors (Lipinski definition) is 4. The molecule has 1 amide bonds. The highest BCUT2D eigenvalue weighted by atomic mass is 35.5. The number of amides is 1. The fraction of sp³-hybridized carbons (Fsp3) is 0.350. The third-order valence-corrected chi connectivity index (χ3v) is 7.60. The Bertz CT molecular complexity index is 1050. The fourth-order valence-electron chi connectivity index (χ4n) is 3.07. The van der Waals surface area contributed by atoms with E-state index in [1.54, 1.807) is 38.6 Å². The highest BCUT2D eigenvalue weighted by molar-refractivity contribution is 7.99. The number of benzene rings is 2. The van der Waals surface area contributed by atoms with Crippen molar-refractivity contribution in [1.29, 1.82) is 0 Å². The molecule has 0 bridgehead atoms. The van der Waals surface area contributed by atoms with Crippen molar-refractivity contribution in [2.45, 2.75) is 48.6 Å². The molecule has 1 unspecified atom stereocenters. The lowest BCUT2D eigenvalue weighted by molar-refractivity contribution is 0.0934. The van der Waals surface area contributed by atoms with E-state index in [0.717, 1.165) is 16.2 Å². The van der Waals surface area contributed by atoms with Crippen molar-refractivity contribution in [2.75, 3.05) is 5.75 Å². The van der Waals surface area contributed by atoms with Gasteiger partial charge in [0.25, 0.3) is 5.91 Å². The Balaban J connectivity index is 1.88. The van der Waals surface area contributed by atoms with Gasteiger partial charge in [0.05, 0.1) is 11.1 Å². The number of nitrogens with one attached hydrogen (secondary N) is 2. The Morgan fingerprint density at radius 3 is 2.62 bits per heavy atom. The van der Waals surface area contributed by atoms with Gasteiger partial charge in [-0.2, -0.15) is 0 Å². The zero-order valence-corrected chi connectivity index (χ0v) is 18.6. The van der Waals surface area contributed by atoms with E-state index in [2.05, 4.69) is 10.0 Å². The quantitative estimate of drug-likeness (QED) is 0.709. The van der Waals surface area contributed by atoms with Gasteiger partial charge in [0.15, 0.2) is 0 Å². The molecule has 0 saturated carbocycles. The number of thioether (sulfide) groups is 1. The largest absolute Gasteiger partial charge is 0.345 e. The van der Waals surface area contributed by atoms with Gasteiger partial charge < -0.3 is 5.32 Å². The van der Waals surface area contributed by atoms with Crippen molar-refractivity contribution < 1.29 is 17.6 Å². The van der Waals surface area contributed by atoms with Gasteiger partial charge in [-0.1, -0.05) is 11.6 Å². The van der Waals surface area contributed by atoms with Crippen LogP contribution in [-0.4, -0.2) is 25.6 Å². The highest BCUT2D eigenvalue weighted by Crippen LogP contribution is 2.36. The second-order valence-electron chi connectivity index (χ2n) is 7.85. The minimum absolute atomic E-state index is 0.0276. The van der Waals surface area contributed by atoms with Crippen LogP contribution in [0.25, 0.3) is 0 Å². The molecule has 156 valence electrons. The highest BCUT2D eigenvalue weighted by Gasteiger charge is 2.27. The van der Waals surface area contributed by atoms with Crippen LogP contribution in [0, 0.1) is 5.82 Å². The topological polar surface area (TPSA) is 75.3 Å². The standard InChI is InChI=1S/C20H22ClFN2O3S2/c1-20(2,3)24-29(26,27)18-10-12(4-6-15(18)21)19(25)23-16-8-9-28-17-7-5-13(22)11-14(16)17/h4-7,10-11,16,24H,8-9H2,1-3H3,(H,23,25). The minimum Gasteiger partial charge on any atom is -0.345 e. The SMILES string of the molecule is CC(C)(C)NS(=O)(=O)c1cc(C(=O)NC2CCSc3ccc(F)cc32)ccc1Cl. The van der Waals surface area contributed by atoms with Crippen molar-refractivity contribution in [3.05, 3.63) is 58.4 Å². The zero-order chi connectivity index (χ0) is 21.4. The molecule has 5 nitrogen and oxygen atoms in total. The summed E-state index contributed by atoms with van der Waals surface area (Å²) in [7, 11) is -3.91. The molecule has 1 aliphatic heterocycles. The van der Waals surface area contributed by atoms with Crippen molar-refractivity contribution in [1.82, 2.24) is 10.0 Å². The predicted molar refractivity (Wildman–Crippen MR) is 113 cm³/mol. The van der Waals surface area contributed by atoms with Crippen molar-refractivity contribution in [3.8, 4) is 0 Å². The number of hydrogen-bond donors (Lipinski definition) is 2. The Morgan fingerprint density at radius 2 is 1.93 bits per heavy atom. The number of rotatable bonds is 4. The summed E-state index contributed by atoms with van der Waals surface area (Å²) in [5, 5.41) is 2.92. The first-order chi connectivity index (χ1) is 13.5. The predicted octanol–water partition coefficient (Wildman–Crippen LogP) is 4.52. The summed E-state index contributed by atoms with van der Waals surface area (Å²) in [4.78, 5) is 13.6.